The summed E-state index contributed by atoms with van der Waals surface area (Å²) in [5.41, 5.74) is 4.33. The third kappa shape index (κ3) is 5.06. The maximum atomic E-state index is 6.33. The average Bonchev–Trinajstić information content (AvgIpc) is 2.84. The summed E-state index contributed by atoms with van der Waals surface area (Å²) >= 11 is 12.3. The van der Waals surface area contributed by atoms with E-state index in [1.807, 2.05) is 84.9 Å². The van der Waals surface area contributed by atoms with Crippen molar-refractivity contribution in [3.05, 3.63) is 107 Å². The van der Waals surface area contributed by atoms with Crippen LogP contribution in [-0.2, 0) is 6.61 Å². The van der Waals surface area contributed by atoms with E-state index in [1.165, 1.54) is 0 Å². The van der Waals surface area contributed by atoms with E-state index in [1.54, 1.807) is 6.20 Å². The predicted molar refractivity (Wildman–Crippen MR) is 133 cm³/mol. The van der Waals surface area contributed by atoms with Gasteiger partial charge in [-0.2, -0.15) is 0 Å². The average molecular weight is 473 g/mol. The maximum Gasteiger partial charge on any atom is 0.227 e. The van der Waals surface area contributed by atoms with E-state index < -0.39 is 0 Å². The summed E-state index contributed by atoms with van der Waals surface area (Å²) in [6.45, 7) is 0.329. The van der Waals surface area contributed by atoms with Crippen LogP contribution in [0, 0.1) is 0 Å². The molecule has 0 aliphatic heterocycles. The second-order valence-electron chi connectivity index (χ2n) is 7.34. The second kappa shape index (κ2) is 9.45. The number of rotatable bonds is 6. The Kier molecular flexibility index (Phi) is 6.07. The van der Waals surface area contributed by atoms with Crippen LogP contribution in [0.15, 0.2) is 91.1 Å². The lowest BCUT2D eigenvalue weighted by molar-refractivity contribution is 0.306. The zero-order valence-electron chi connectivity index (χ0n) is 17.4. The Hall–Kier alpha value is -3.67. The fraction of sp³-hybridized carbons (Fsp3) is 0.0385. The van der Waals surface area contributed by atoms with Gasteiger partial charge in [-0.3, -0.25) is 0 Å². The van der Waals surface area contributed by atoms with Crippen LogP contribution in [0.1, 0.15) is 5.56 Å². The molecule has 5 nitrogen and oxygen atoms in total. The smallest absolute Gasteiger partial charge is 0.227 e. The Labute approximate surface area is 201 Å². The molecule has 0 saturated heterocycles. The lowest BCUT2D eigenvalue weighted by atomic mass is 10.1. The molecule has 5 rings (SSSR count). The van der Waals surface area contributed by atoms with E-state index in [4.69, 9.17) is 27.9 Å². The molecule has 2 heterocycles. The molecular weight excluding hydrogens is 455 g/mol. The third-order valence-electron chi connectivity index (χ3n) is 5.05. The van der Waals surface area contributed by atoms with Gasteiger partial charge in [0.15, 0.2) is 0 Å². The molecule has 0 fully saturated rings. The largest absolute Gasteiger partial charge is 0.489 e. The van der Waals surface area contributed by atoms with Gasteiger partial charge < -0.3 is 10.1 Å². The van der Waals surface area contributed by atoms with Crippen LogP contribution >= 0.6 is 23.2 Å². The lowest BCUT2D eigenvalue weighted by Crippen LogP contribution is -1.99. The van der Waals surface area contributed by atoms with E-state index in [0.29, 0.717) is 22.7 Å². The number of aromatic nitrogens is 3. The molecule has 5 aromatic rings. The molecule has 0 aliphatic carbocycles. The maximum absolute atomic E-state index is 6.33. The summed E-state index contributed by atoms with van der Waals surface area (Å²) in [5.74, 6) is 1.23. The first-order valence-electron chi connectivity index (χ1n) is 10.3. The van der Waals surface area contributed by atoms with Crippen LogP contribution in [0.25, 0.3) is 22.2 Å². The number of ether oxygens (including phenoxy) is 1. The van der Waals surface area contributed by atoms with E-state index in [2.05, 4.69) is 20.3 Å². The van der Waals surface area contributed by atoms with Crippen LogP contribution in [0.2, 0.25) is 10.2 Å². The van der Waals surface area contributed by atoms with Crippen LogP contribution in [-0.4, -0.2) is 15.0 Å². The first-order chi connectivity index (χ1) is 16.1. The van der Waals surface area contributed by atoms with Crippen molar-refractivity contribution >= 4 is 45.7 Å². The molecule has 1 N–H and O–H groups in total. The summed E-state index contributed by atoms with van der Waals surface area (Å²) in [4.78, 5) is 13.3. The number of nitrogens with one attached hydrogen (secondary N) is 1. The highest BCUT2D eigenvalue weighted by Crippen LogP contribution is 2.25. The summed E-state index contributed by atoms with van der Waals surface area (Å²) in [7, 11) is 0. The summed E-state index contributed by atoms with van der Waals surface area (Å²) in [6, 6.07) is 26.8. The predicted octanol–water partition coefficient (Wildman–Crippen LogP) is 7.32. The fourth-order valence-electron chi connectivity index (χ4n) is 3.36. The van der Waals surface area contributed by atoms with Crippen molar-refractivity contribution in [3.63, 3.8) is 0 Å². The van der Waals surface area contributed by atoms with Crippen molar-refractivity contribution < 1.29 is 4.74 Å². The number of anilines is 2. The zero-order chi connectivity index (χ0) is 22.6. The quantitative estimate of drug-likeness (QED) is 0.262. The molecule has 162 valence electrons. The number of hydrogen-bond acceptors (Lipinski definition) is 5. The van der Waals surface area contributed by atoms with Crippen LogP contribution in [0.3, 0.4) is 0 Å². The number of para-hydroxylation sites is 1. The highest BCUT2D eigenvalue weighted by atomic mass is 35.5. The molecule has 0 radical (unpaired) electrons. The van der Waals surface area contributed by atoms with Crippen molar-refractivity contribution in [2.24, 2.45) is 0 Å². The molecule has 0 unspecified atom stereocenters. The molecule has 7 heteroatoms. The van der Waals surface area contributed by atoms with Gasteiger partial charge in [0.25, 0.3) is 0 Å². The van der Waals surface area contributed by atoms with Gasteiger partial charge in [-0.25, -0.2) is 15.0 Å². The highest BCUT2D eigenvalue weighted by Gasteiger charge is 2.07. The Balaban J connectivity index is 1.25. The molecule has 0 spiro atoms. The van der Waals surface area contributed by atoms with Crippen molar-refractivity contribution in [2.45, 2.75) is 6.61 Å². The molecule has 3 aromatic carbocycles. The Morgan fingerprint density at radius 2 is 1.61 bits per heavy atom. The van der Waals surface area contributed by atoms with Gasteiger partial charge in [0.2, 0.25) is 5.95 Å². The Morgan fingerprint density at radius 1 is 0.818 bits per heavy atom. The van der Waals surface area contributed by atoms with Crippen LogP contribution in [0.5, 0.6) is 5.75 Å². The first-order valence-corrected chi connectivity index (χ1v) is 11.0. The van der Waals surface area contributed by atoms with Crippen molar-refractivity contribution in [2.75, 3.05) is 5.32 Å². The minimum absolute atomic E-state index is 0.329. The molecule has 2 aromatic heterocycles. The number of nitrogens with zero attached hydrogens (tertiary/aromatic N) is 3. The highest BCUT2D eigenvalue weighted by molar-refractivity contribution is 6.30. The SMILES string of the molecule is Clc1ccc(-c2ccnc(Nc3ccc(OCc4cc5ccccc5nc4Cl)cc3)n2)cc1. The number of benzene rings is 3. The van der Waals surface area contributed by atoms with E-state index in [-0.39, 0.29) is 0 Å². The van der Waals surface area contributed by atoms with Crippen molar-refractivity contribution in [1.29, 1.82) is 0 Å². The minimum Gasteiger partial charge on any atom is -0.489 e. The number of fused-ring (bicyclic) bond motifs is 1. The number of pyridine rings is 1. The number of halogens is 2. The molecule has 0 atom stereocenters. The van der Waals surface area contributed by atoms with Gasteiger partial charge in [-0.15, -0.1) is 0 Å². The second-order valence-corrected chi connectivity index (χ2v) is 8.14. The standard InChI is InChI=1S/C26H18Cl2N4O/c27-20-7-5-17(6-8-20)24-13-14-29-26(32-24)30-21-9-11-22(12-10-21)33-16-19-15-18-3-1-2-4-23(18)31-25(19)28/h1-15H,16H2,(H,29,30,32). The third-order valence-corrected chi connectivity index (χ3v) is 5.63. The Morgan fingerprint density at radius 3 is 2.42 bits per heavy atom. The van der Waals surface area contributed by atoms with Gasteiger partial charge in [0.05, 0.1) is 11.2 Å². The summed E-state index contributed by atoms with van der Waals surface area (Å²) in [5, 5.41) is 5.39. The van der Waals surface area contributed by atoms with Gasteiger partial charge in [-0.05, 0) is 54.6 Å². The van der Waals surface area contributed by atoms with Crippen molar-refractivity contribution in [1.82, 2.24) is 15.0 Å². The molecule has 0 saturated carbocycles. The zero-order valence-corrected chi connectivity index (χ0v) is 18.9. The van der Waals surface area contributed by atoms with Gasteiger partial charge >= 0.3 is 0 Å². The van der Waals surface area contributed by atoms with Crippen LogP contribution in [0.4, 0.5) is 11.6 Å². The molecule has 0 aliphatic rings. The Bertz CT molecular complexity index is 1410. The first kappa shape index (κ1) is 21.2. The number of hydrogen-bond donors (Lipinski definition) is 1. The van der Waals surface area contributed by atoms with Gasteiger partial charge in [0.1, 0.15) is 17.5 Å². The monoisotopic (exact) mass is 472 g/mol. The van der Waals surface area contributed by atoms with E-state index >= 15 is 0 Å². The summed E-state index contributed by atoms with van der Waals surface area (Å²) < 4.78 is 5.92. The lowest BCUT2D eigenvalue weighted by Gasteiger charge is -2.10. The van der Waals surface area contributed by atoms with Crippen LogP contribution < -0.4 is 10.1 Å². The normalized spacial score (nSPS) is 10.8. The molecule has 0 bridgehead atoms. The fourth-order valence-corrected chi connectivity index (χ4v) is 3.69. The molecular formula is C26H18Cl2N4O. The van der Waals surface area contributed by atoms with E-state index in [0.717, 1.165) is 39.2 Å². The van der Waals surface area contributed by atoms with E-state index in [9.17, 15) is 0 Å². The molecule has 33 heavy (non-hydrogen) atoms. The van der Waals surface area contributed by atoms with Crippen molar-refractivity contribution in [3.8, 4) is 17.0 Å². The van der Waals surface area contributed by atoms with Gasteiger partial charge in [0, 0.05) is 33.4 Å². The molecule has 0 amide bonds. The topological polar surface area (TPSA) is 59.9 Å². The minimum atomic E-state index is 0.329. The van der Waals surface area contributed by atoms with Gasteiger partial charge in [-0.1, -0.05) is 53.5 Å². The summed E-state index contributed by atoms with van der Waals surface area (Å²) in [6.07, 6.45) is 1.72.